The maximum Gasteiger partial charge on any atom is 0.264 e. The summed E-state index contributed by atoms with van der Waals surface area (Å²) in [4.78, 5) is 0.259. The molecule has 0 aromatic heterocycles. The zero-order chi connectivity index (χ0) is 15.6. The van der Waals surface area contributed by atoms with Crippen LogP contribution in [0.3, 0.4) is 0 Å². The summed E-state index contributed by atoms with van der Waals surface area (Å²) in [7, 11) is -3.60. The minimum atomic E-state index is -3.60. The number of anilines is 2. The molecule has 0 unspecified atom stereocenters. The molecule has 0 spiro atoms. The first-order valence-corrected chi connectivity index (χ1v) is 8.65. The molecule has 0 bridgehead atoms. The number of fused-ring (bicyclic) bond motifs is 1. The van der Waals surface area contributed by atoms with E-state index in [2.05, 4.69) is 5.32 Å². The van der Waals surface area contributed by atoms with Gasteiger partial charge in [-0.1, -0.05) is 18.2 Å². The molecule has 1 heterocycles. The van der Waals surface area contributed by atoms with E-state index in [1.807, 2.05) is 25.1 Å². The fourth-order valence-corrected chi connectivity index (χ4v) is 3.99. The van der Waals surface area contributed by atoms with E-state index in [1.54, 1.807) is 30.3 Å². The van der Waals surface area contributed by atoms with Crippen molar-refractivity contribution in [1.82, 2.24) is 0 Å². The number of hydrogen-bond donors (Lipinski definition) is 1. The molecule has 2 aromatic carbocycles. The average Bonchev–Trinajstić information content (AvgIpc) is 2.56. The zero-order valence-corrected chi connectivity index (χ0v) is 13.1. The number of rotatable bonds is 4. The molecule has 0 aliphatic carbocycles. The molecule has 6 heteroatoms. The Balaban J connectivity index is 2.01. The maximum absolute atomic E-state index is 12.9. The smallest absolute Gasteiger partial charge is 0.264 e. The van der Waals surface area contributed by atoms with Gasteiger partial charge in [0.1, 0.15) is 12.4 Å². The van der Waals surface area contributed by atoms with Gasteiger partial charge >= 0.3 is 0 Å². The molecule has 5 nitrogen and oxygen atoms in total. The van der Waals surface area contributed by atoms with Crippen LogP contribution < -0.4 is 14.4 Å². The Kier molecular flexibility index (Phi) is 3.94. The summed E-state index contributed by atoms with van der Waals surface area (Å²) < 4.78 is 32.7. The Morgan fingerprint density at radius 2 is 1.95 bits per heavy atom. The van der Waals surface area contributed by atoms with Crippen LogP contribution in [0.4, 0.5) is 11.4 Å². The number of nitrogens with one attached hydrogen (secondary N) is 1. The van der Waals surface area contributed by atoms with Crippen molar-refractivity contribution in [1.29, 1.82) is 0 Å². The molecular weight excluding hydrogens is 300 g/mol. The maximum atomic E-state index is 12.9. The summed E-state index contributed by atoms with van der Waals surface area (Å²) in [5.74, 6) is 0.688. The van der Waals surface area contributed by atoms with Gasteiger partial charge < -0.3 is 10.1 Å². The Morgan fingerprint density at radius 1 is 1.18 bits per heavy atom. The summed E-state index contributed by atoms with van der Waals surface area (Å²) in [5.41, 5.74) is 1.38. The zero-order valence-electron chi connectivity index (χ0n) is 12.3. The van der Waals surface area contributed by atoms with E-state index >= 15 is 0 Å². The van der Waals surface area contributed by atoms with Crippen LogP contribution in [0, 0.1) is 0 Å². The monoisotopic (exact) mass is 318 g/mol. The molecule has 2 aromatic rings. The topological polar surface area (TPSA) is 58.6 Å². The van der Waals surface area contributed by atoms with Crippen LogP contribution in [0.15, 0.2) is 53.4 Å². The molecule has 0 saturated heterocycles. The van der Waals surface area contributed by atoms with Crippen LogP contribution in [-0.4, -0.2) is 28.1 Å². The van der Waals surface area contributed by atoms with E-state index in [0.717, 1.165) is 5.69 Å². The van der Waals surface area contributed by atoms with E-state index in [0.29, 0.717) is 31.1 Å². The van der Waals surface area contributed by atoms with Crippen LogP contribution in [0.2, 0.25) is 0 Å². The molecule has 0 atom stereocenters. The van der Waals surface area contributed by atoms with Crippen LogP contribution in [0.25, 0.3) is 0 Å². The molecular formula is C16H18N2O3S. The first-order valence-electron chi connectivity index (χ1n) is 7.21. The fraction of sp³-hybridized carbons (Fsp3) is 0.250. The predicted molar refractivity (Wildman–Crippen MR) is 87.1 cm³/mol. The molecule has 0 fully saturated rings. The van der Waals surface area contributed by atoms with E-state index in [1.165, 1.54) is 4.31 Å². The highest BCUT2D eigenvalue weighted by molar-refractivity contribution is 7.92. The lowest BCUT2D eigenvalue weighted by Gasteiger charge is -2.24. The first-order chi connectivity index (χ1) is 10.6. The molecule has 0 saturated carbocycles. The molecule has 0 amide bonds. The number of nitrogens with zero attached hydrogens (tertiary/aromatic N) is 1. The minimum Gasteiger partial charge on any atom is -0.490 e. The van der Waals surface area contributed by atoms with E-state index in [9.17, 15) is 8.42 Å². The van der Waals surface area contributed by atoms with Gasteiger partial charge in [0, 0.05) is 13.1 Å². The summed E-state index contributed by atoms with van der Waals surface area (Å²) in [5, 5.41) is 3.16. The van der Waals surface area contributed by atoms with Crippen LogP contribution in [0.5, 0.6) is 5.75 Å². The second-order valence-corrected chi connectivity index (χ2v) is 6.80. The van der Waals surface area contributed by atoms with Crippen LogP contribution >= 0.6 is 0 Å². The number of ether oxygens (including phenoxy) is 1. The van der Waals surface area contributed by atoms with E-state index < -0.39 is 10.0 Å². The highest BCUT2D eigenvalue weighted by Crippen LogP contribution is 2.32. The lowest BCUT2D eigenvalue weighted by atomic mass is 10.2. The van der Waals surface area contributed by atoms with Gasteiger partial charge in [-0.2, -0.15) is 0 Å². The molecule has 1 N–H and O–H groups in total. The van der Waals surface area contributed by atoms with Gasteiger partial charge in [0.25, 0.3) is 10.0 Å². The first kappa shape index (κ1) is 14.7. The highest BCUT2D eigenvalue weighted by atomic mass is 32.2. The predicted octanol–water partition coefficient (Wildman–Crippen LogP) is 2.71. The number of hydrogen-bond acceptors (Lipinski definition) is 4. The van der Waals surface area contributed by atoms with Crippen molar-refractivity contribution in [3.63, 3.8) is 0 Å². The van der Waals surface area contributed by atoms with Gasteiger partial charge in [-0.3, -0.25) is 4.31 Å². The second kappa shape index (κ2) is 5.88. The lowest BCUT2D eigenvalue weighted by molar-refractivity contribution is 0.323. The standard InChI is InChI=1S/C16H18N2O3S/c1-2-18(13-6-4-3-5-7-13)22(19,20)14-8-9-16-15(12-14)17-10-11-21-16/h3-9,12,17H,2,10-11H2,1H3. The molecule has 0 radical (unpaired) electrons. The Morgan fingerprint density at radius 3 is 2.68 bits per heavy atom. The molecule has 3 rings (SSSR count). The summed E-state index contributed by atoms with van der Waals surface area (Å²) in [6.45, 7) is 3.45. The molecule has 1 aliphatic rings. The SMILES string of the molecule is CCN(c1ccccc1)S(=O)(=O)c1ccc2c(c1)NCCO2. The van der Waals surface area contributed by atoms with Crippen molar-refractivity contribution < 1.29 is 13.2 Å². The van der Waals surface area contributed by atoms with Crippen molar-refractivity contribution in [2.24, 2.45) is 0 Å². The molecule has 22 heavy (non-hydrogen) atoms. The van der Waals surface area contributed by atoms with Crippen LogP contribution in [0.1, 0.15) is 6.92 Å². The van der Waals surface area contributed by atoms with Crippen molar-refractivity contribution in [3.8, 4) is 5.75 Å². The van der Waals surface area contributed by atoms with Gasteiger partial charge in [-0.05, 0) is 37.3 Å². The van der Waals surface area contributed by atoms with Gasteiger partial charge in [0.05, 0.1) is 16.3 Å². The van der Waals surface area contributed by atoms with Crippen molar-refractivity contribution in [2.75, 3.05) is 29.3 Å². The third kappa shape index (κ3) is 2.62. The Labute approximate surface area is 130 Å². The summed E-state index contributed by atoms with van der Waals surface area (Å²) in [6, 6.07) is 14.0. The quantitative estimate of drug-likeness (QED) is 0.941. The molecule has 116 valence electrons. The lowest BCUT2D eigenvalue weighted by Crippen LogP contribution is -2.31. The van der Waals surface area contributed by atoms with Gasteiger partial charge in [0.2, 0.25) is 0 Å². The highest BCUT2D eigenvalue weighted by Gasteiger charge is 2.25. The number of benzene rings is 2. The summed E-state index contributed by atoms with van der Waals surface area (Å²) in [6.07, 6.45) is 0. The number of sulfonamides is 1. The van der Waals surface area contributed by atoms with Gasteiger partial charge in [-0.15, -0.1) is 0 Å². The average molecular weight is 318 g/mol. The van der Waals surface area contributed by atoms with Crippen molar-refractivity contribution >= 4 is 21.4 Å². The molecule has 1 aliphatic heterocycles. The Hall–Kier alpha value is -2.21. The van der Waals surface area contributed by atoms with E-state index in [4.69, 9.17) is 4.74 Å². The summed E-state index contributed by atoms with van der Waals surface area (Å²) >= 11 is 0. The van der Waals surface area contributed by atoms with Gasteiger partial charge in [0.15, 0.2) is 0 Å². The van der Waals surface area contributed by atoms with Gasteiger partial charge in [-0.25, -0.2) is 8.42 Å². The number of para-hydroxylation sites is 1. The second-order valence-electron chi connectivity index (χ2n) is 4.94. The van der Waals surface area contributed by atoms with E-state index in [-0.39, 0.29) is 4.90 Å². The largest absolute Gasteiger partial charge is 0.490 e. The Bertz CT molecular complexity index is 760. The normalized spacial score (nSPS) is 13.7. The van der Waals surface area contributed by atoms with Crippen molar-refractivity contribution in [3.05, 3.63) is 48.5 Å². The van der Waals surface area contributed by atoms with Crippen LogP contribution in [-0.2, 0) is 10.0 Å². The third-order valence-corrected chi connectivity index (χ3v) is 5.44. The third-order valence-electron chi connectivity index (χ3n) is 3.55. The van der Waals surface area contributed by atoms with Crippen molar-refractivity contribution in [2.45, 2.75) is 11.8 Å². The fourth-order valence-electron chi connectivity index (χ4n) is 2.49. The minimum absolute atomic E-state index is 0.259.